The van der Waals surface area contributed by atoms with Crippen LogP contribution in [-0.2, 0) is 4.79 Å². The first-order valence-electron chi connectivity index (χ1n) is 7.29. The van der Waals surface area contributed by atoms with Gasteiger partial charge in [-0.1, -0.05) is 47.7 Å². The molecule has 0 bridgehead atoms. The van der Waals surface area contributed by atoms with E-state index in [1.807, 2.05) is 24.3 Å². The van der Waals surface area contributed by atoms with E-state index in [2.05, 4.69) is 0 Å². The van der Waals surface area contributed by atoms with E-state index in [1.54, 1.807) is 38.5 Å². The van der Waals surface area contributed by atoms with Crippen molar-refractivity contribution in [1.29, 1.82) is 0 Å². The van der Waals surface area contributed by atoms with Gasteiger partial charge >= 0.3 is 0 Å². The summed E-state index contributed by atoms with van der Waals surface area (Å²) in [5, 5.41) is 0.474. The van der Waals surface area contributed by atoms with Gasteiger partial charge in [-0.15, -0.1) is 0 Å². The van der Waals surface area contributed by atoms with Gasteiger partial charge in [0.25, 0.3) is 5.91 Å². The Morgan fingerprint density at radius 2 is 1.92 bits per heavy atom. The van der Waals surface area contributed by atoms with Crippen molar-refractivity contribution in [2.45, 2.75) is 0 Å². The smallest absolute Gasteiger partial charge is 0.270 e. The highest BCUT2D eigenvalue weighted by atomic mass is 35.5. The molecule has 0 saturated carbocycles. The van der Waals surface area contributed by atoms with Crippen molar-refractivity contribution in [1.82, 2.24) is 0 Å². The molecule has 0 spiro atoms. The number of hydrogen-bond donors (Lipinski definition) is 0. The maximum atomic E-state index is 12.8. The molecular formula is C18H14ClNO3S2. The summed E-state index contributed by atoms with van der Waals surface area (Å²) in [6.45, 7) is 0. The van der Waals surface area contributed by atoms with Crippen molar-refractivity contribution in [3.63, 3.8) is 0 Å². The zero-order valence-corrected chi connectivity index (χ0v) is 15.9. The molecule has 0 aliphatic carbocycles. The van der Waals surface area contributed by atoms with Crippen molar-refractivity contribution >= 4 is 57.6 Å². The van der Waals surface area contributed by atoms with Crippen LogP contribution in [0.25, 0.3) is 6.08 Å². The fourth-order valence-electron chi connectivity index (χ4n) is 2.39. The first kappa shape index (κ1) is 17.8. The third-order valence-corrected chi connectivity index (χ3v) is 5.24. The number of carbonyl (C=O) groups excluding carboxylic acids is 1. The largest absolute Gasteiger partial charge is 0.497 e. The molecule has 3 rings (SSSR count). The first-order chi connectivity index (χ1) is 12.0. The lowest BCUT2D eigenvalue weighted by molar-refractivity contribution is -0.113. The predicted molar refractivity (Wildman–Crippen MR) is 107 cm³/mol. The number of hydrogen-bond acceptors (Lipinski definition) is 5. The average molecular weight is 392 g/mol. The van der Waals surface area contributed by atoms with Crippen molar-refractivity contribution in [3.05, 3.63) is 58.0 Å². The monoisotopic (exact) mass is 391 g/mol. The summed E-state index contributed by atoms with van der Waals surface area (Å²) in [6, 6.07) is 12.5. The topological polar surface area (TPSA) is 38.8 Å². The number of thiocarbonyl (C=S) groups is 1. The Kier molecular flexibility index (Phi) is 5.32. The number of ether oxygens (including phenoxy) is 2. The molecule has 1 aliphatic rings. The summed E-state index contributed by atoms with van der Waals surface area (Å²) < 4.78 is 11.0. The number of nitrogens with zero attached hydrogens (tertiary/aromatic N) is 1. The van der Waals surface area contributed by atoms with Crippen molar-refractivity contribution < 1.29 is 14.3 Å². The Bertz CT molecular complexity index is 882. The van der Waals surface area contributed by atoms with E-state index in [1.165, 1.54) is 16.7 Å². The zero-order valence-electron chi connectivity index (χ0n) is 13.5. The molecule has 2 aromatic rings. The van der Waals surface area contributed by atoms with E-state index in [9.17, 15) is 4.79 Å². The summed E-state index contributed by atoms with van der Waals surface area (Å²) in [6.07, 6.45) is 1.76. The molecule has 0 unspecified atom stereocenters. The number of para-hydroxylation sites is 1. The third kappa shape index (κ3) is 3.51. The molecule has 0 N–H and O–H groups in total. The van der Waals surface area contributed by atoms with Crippen molar-refractivity contribution in [2.24, 2.45) is 0 Å². The van der Waals surface area contributed by atoms with Crippen LogP contribution >= 0.6 is 35.6 Å². The highest BCUT2D eigenvalue weighted by Crippen LogP contribution is 2.39. The standard InChI is InChI=1S/C18H14ClNO3S2/c1-22-12-8-7-11(15(10-12)23-2)9-16-17(21)20(18(24)25-16)14-6-4-3-5-13(14)19/h3-10H,1-2H3. The van der Waals surface area contributed by atoms with Crippen LogP contribution in [0.2, 0.25) is 5.02 Å². The minimum absolute atomic E-state index is 0.207. The van der Waals surface area contributed by atoms with Crippen molar-refractivity contribution in [3.8, 4) is 11.5 Å². The SMILES string of the molecule is COc1ccc(C=C2SC(=S)N(c3ccccc3Cl)C2=O)c(OC)c1. The van der Waals surface area contributed by atoms with Crippen LogP contribution in [-0.4, -0.2) is 24.4 Å². The number of amides is 1. The number of methoxy groups -OCH3 is 2. The van der Waals surface area contributed by atoms with E-state index in [0.29, 0.717) is 31.4 Å². The third-order valence-electron chi connectivity index (χ3n) is 3.61. The van der Waals surface area contributed by atoms with Gasteiger partial charge in [0.2, 0.25) is 0 Å². The molecule has 0 radical (unpaired) electrons. The summed E-state index contributed by atoms with van der Waals surface area (Å²) in [5.41, 5.74) is 1.35. The maximum Gasteiger partial charge on any atom is 0.270 e. The number of anilines is 1. The van der Waals surface area contributed by atoms with Crippen LogP contribution in [0.3, 0.4) is 0 Å². The maximum absolute atomic E-state index is 12.8. The molecule has 0 atom stereocenters. The second-order valence-electron chi connectivity index (χ2n) is 5.08. The van der Waals surface area contributed by atoms with Gasteiger partial charge in [-0.3, -0.25) is 9.69 Å². The highest BCUT2D eigenvalue weighted by molar-refractivity contribution is 8.27. The van der Waals surface area contributed by atoms with Gasteiger partial charge in [-0.2, -0.15) is 0 Å². The molecule has 1 heterocycles. The summed E-state index contributed by atoms with van der Waals surface area (Å²) in [4.78, 5) is 14.8. The average Bonchev–Trinajstić information content (AvgIpc) is 2.89. The molecule has 0 aromatic heterocycles. The van der Waals surface area contributed by atoms with Gasteiger partial charge in [-0.25, -0.2) is 0 Å². The number of halogens is 1. The number of benzene rings is 2. The molecule has 1 aliphatic heterocycles. The predicted octanol–water partition coefficient (Wildman–Crippen LogP) is 4.76. The Morgan fingerprint density at radius 3 is 2.60 bits per heavy atom. The van der Waals surface area contributed by atoms with Crippen LogP contribution < -0.4 is 14.4 Å². The van der Waals surface area contributed by atoms with Crippen LogP contribution in [0.5, 0.6) is 11.5 Å². The lowest BCUT2D eigenvalue weighted by Crippen LogP contribution is -2.27. The molecule has 4 nitrogen and oxygen atoms in total. The lowest BCUT2D eigenvalue weighted by atomic mass is 10.1. The fraction of sp³-hybridized carbons (Fsp3) is 0.111. The Labute approximate surface area is 160 Å². The molecule has 1 saturated heterocycles. The van der Waals surface area contributed by atoms with E-state index in [0.717, 1.165) is 5.56 Å². The zero-order chi connectivity index (χ0) is 18.0. The molecule has 1 fully saturated rings. The molecule has 7 heteroatoms. The molecule has 25 heavy (non-hydrogen) atoms. The van der Waals surface area contributed by atoms with Gasteiger partial charge in [0.15, 0.2) is 4.32 Å². The fourth-order valence-corrected chi connectivity index (χ4v) is 3.88. The molecule has 2 aromatic carbocycles. The minimum Gasteiger partial charge on any atom is -0.497 e. The second kappa shape index (κ2) is 7.47. The minimum atomic E-state index is -0.207. The van der Waals surface area contributed by atoms with Crippen LogP contribution in [0.4, 0.5) is 5.69 Å². The summed E-state index contributed by atoms with van der Waals surface area (Å²) >= 11 is 12.8. The van der Waals surface area contributed by atoms with Gasteiger partial charge in [0.1, 0.15) is 11.5 Å². The van der Waals surface area contributed by atoms with E-state index >= 15 is 0 Å². The summed E-state index contributed by atoms with van der Waals surface area (Å²) in [5.74, 6) is 1.08. The van der Waals surface area contributed by atoms with Gasteiger partial charge in [-0.05, 0) is 30.3 Å². The summed E-state index contributed by atoms with van der Waals surface area (Å²) in [7, 11) is 3.16. The number of thioether (sulfide) groups is 1. The molecule has 1 amide bonds. The Hall–Kier alpha value is -2.02. The van der Waals surface area contributed by atoms with Crippen LogP contribution in [0.1, 0.15) is 5.56 Å². The van der Waals surface area contributed by atoms with E-state index < -0.39 is 0 Å². The van der Waals surface area contributed by atoms with Crippen LogP contribution in [0, 0.1) is 0 Å². The normalized spacial score (nSPS) is 15.8. The Morgan fingerprint density at radius 1 is 1.16 bits per heavy atom. The highest BCUT2D eigenvalue weighted by Gasteiger charge is 2.34. The quantitative estimate of drug-likeness (QED) is 0.554. The van der Waals surface area contributed by atoms with E-state index in [-0.39, 0.29) is 5.91 Å². The first-order valence-corrected chi connectivity index (χ1v) is 8.90. The van der Waals surface area contributed by atoms with Gasteiger partial charge < -0.3 is 9.47 Å². The number of rotatable bonds is 4. The van der Waals surface area contributed by atoms with E-state index in [4.69, 9.17) is 33.3 Å². The Balaban J connectivity index is 1.97. The lowest BCUT2D eigenvalue weighted by Gasteiger charge is -2.15. The number of carbonyl (C=O) groups is 1. The van der Waals surface area contributed by atoms with Crippen LogP contribution in [0.15, 0.2) is 47.4 Å². The van der Waals surface area contributed by atoms with Gasteiger partial charge in [0, 0.05) is 11.6 Å². The molecule has 128 valence electrons. The molecular weight excluding hydrogens is 378 g/mol. The van der Waals surface area contributed by atoms with Crippen molar-refractivity contribution in [2.75, 3.05) is 19.1 Å². The van der Waals surface area contributed by atoms with Gasteiger partial charge in [0.05, 0.1) is 29.8 Å². The second-order valence-corrected chi connectivity index (χ2v) is 7.16.